The lowest BCUT2D eigenvalue weighted by atomic mass is 10.1. The molecule has 1 aromatic heterocycles. The van der Waals surface area contributed by atoms with Crippen LogP contribution in [0.2, 0.25) is 0 Å². The number of imidazole rings is 1. The molecule has 0 fully saturated rings. The number of halogens is 1. The molecule has 2 rings (SSSR count). The fourth-order valence-corrected chi connectivity index (χ4v) is 2.32. The van der Waals surface area contributed by atoms with Crippen LogP contribution in [-0.2, 0) is 26.4 Å². The Bertz CT molecular complexity index is 505. The molecule has 0 saturated carbocycles. The summed E-state index contributed by atoms with van der Waals surface area (Å²) in [5, 5.41) is 0. The number of hydrogen-bond donors (Lipinski definition) is 1. The van der Waals surface area contributed by atoms with Crippen molar-refractivity contribution in [2.75, 3.05) is 0 Å². The summed E-state index contributed by atoms with van der Waals surface area (Å²) in [4.78, 5) is 4.29. The summed E-state index contributed by atoms with van der Waals surface area (Å²) in [6, 6.07) is 8.40. The molecule has 1 heterocycles. The smallest absolute Gasteiger partial charge is 0.122 e. The first kappa shape index (κ1) is 12.3. The molecule has 0 aliphatic rings. The van der Waals surface area contributed by atoms with Crippen LogP contribution in [0.15, 0.2) is 34.9 Å². The fraction of sp³-hybridized carbons (Fsp3) is 0.308. The third kappa shape index (κ3) is 2.96. The molecular formula is C13H16BrN3. The molecule has 1 aromatic carbocycles. The highest BCUT2D eigenvalue weighted by Gasteiger charge is 2.05. The Hall–Kier alpha value is -1.13. The van der Waals surface area contributed by atoms with Gasteiger partial charge in [-0.15, -0.1) is 0 Å². The lowest BCUT2D eigenvalue weighted by molar-refractivity contribution is 0.739. The Morgan fingerprint density at radius 3 is 2.82 bits per heavy atom. The number of aryl methyl sites for hydroxylation is 2. The lowest BCUT2D eigenvalue weighted by Gasteiger charge is -2.05. The number of rotatable bonds is 4. The summed E-state index contributed by atoms with van der Waals surface area (Å²) >= 11 is 3.48. The average Bonchev–Trinajstić information content (AvgIpc) is 2.67. The molecule has 2 N–H and O–H groups in total. The Kier molecular flexibility index (Phi) is 3.97. The Labute approximate surface area is 110 Å². The largest absolute Gasteiger partial charge is 0.334 e. The highest BCUT2D eigenvalue weighted by atomic mass is 79.9. The zero-order valence-corrected chi connectivity index (χ0v) is 11.4. The second-order valence-electron chi connectivity index (χ2n) is 4.06. The van der Waals surface area contributed by atoms with Gasteiger partial charge in [0.15, 0.2) is 0 Å². The van der Waals surface area contributed by atoms with Crippen molar-refractivity contribution in [1.29, 1.82) is 0 Å². The maximum absolute atomic E-state index is 5.60. The van der Waals surface area contributed by atoms with Crippen LogP contribution in [0.3, 0.4) is 0 Å². The van der Waals surface area contributed by atoms with Crippen LogP contribution in [-0.4, -0.2) is 9.55 Å². The zero-order valence-electron chi connectivity index (χ0n) is 9.86. The van der Waals surface area contributed by atoms with Crippen LogP contribution in [0, 0.1) is 0 Å². The van der Waals surface area contributed by atoms with E-state index in [0.29, 0.717) is 6.54 Å². The molecule has 90 valence electrons. The minimum absolute atomic E-state index is 0.493. The van der Waals surface area contributed by atoms with Crippen molar-refractivity contribution in [3.8, 4) is 0 Å². The second kappa shape index (κ2) is 5.47. The number of benzene rings is 1. The van der Waals surface area contributed by atoms with Crippen LogP contribution in [0.25, 0.3) is 0 Å². The van der Waals surface area contributed by atoms with E-state index >= 15 is 0 Å². The van der Waals surface area contributed by atoms with E-state index in [1.807, 2.05) is 19.3 Å². The van der Waals surface area contributed by atoms with Crippen molar-refractivity contribution >= 4 is 15.9 Å². The van der Waals surface area contributed by atoms with Gasteiger partial charge >= 0.3 is 0 Å². The van der Waals surface area contributed by atoms with Gasteiger partial charge in [0, 0.05) is 23.4 Å². The van der Waals surface area contributed by atoms with Gasteiger partial charge in [-0.1, -0.05) is 28.1 Å². The predicted molar refractivity (Wildman–Crippen MR) is 72.6 cm³/mol. The van der Waals surface area contributed by atoms with Crippen molar-refractivity contribution in [2.45, 2.75) is 19.4 Å². The van der Waals surface area contributed by atoms with E-state index in [9.17, 15) is 0 Å². The standard InChI is InChI=1S/C13H16BrN3/c1-17-12(9-16-13(17)8-15)6-5-10-3-2-4-11(14)7-10/h2-4,7,9H,5-6,8,15H2,1H3. The SMILES string of the molecule is Cn1c(CCc2cccc(Br)c2)cnc1CN. The number of hydrogen-bond acceptors (Lipinski definition) is 2. The van der Waals surface area contributed by atoms with Crippen LogP contribution < -0.4 is 5.73 Å². The van der Waals surface area contributed by atoms with Crippen LogP contribution in [0.5, 0.6) is 0 Å². The van der Waals surface area contributed by atoms with Crippen LogP contribution in [0.4, 0.5) is 0 Å². The Morgan fingerprint density at radius 1 is 1.35 bits per heavy atom. The first-order valence-electron chi connectivity index (χ1n) is 5.64. The van der Waals surface area contributed by atoms with E-state index in [4.69, 9.17) is 5.73 Å². The minimum Gasteiger partial charge on any atom is -0.334 e. The first-order valence-corrected chi connectivity index (χ1v) is 6.44. The molecule has 0 unspecified atom stereocenters. The van der Waals surface area contributed by atoms with Crippen LogP contribution >= 0.6 is 15.9 Å². The summed E-state index contributed by atoms with van der Waals surface area (Å²) in [5.41, 5.74) is 8.16. The van der Waals surface area contributed by atoms with Gasteiger partial charge in [0.05, 0.1) is 6.54 Å². The highest BCUT2D eigenvalue weighted by molar-refractivity contribution is 9.10. The Balaban J connectivity index is 2.05. The molecule has 2 aromatic rings. The summed E-state index contributed by atoms with van der Waals surface area (Å²) < 4.78 is 3.21. The first-order chi connectivity index (χ1) is 8.20. The van der Waals surface area contributed by atoms with Crippen molar-refractivity contribution in [2.24, 2.45) is 12.8 Å². The molecule has 17 heavy (non-hydrogen) atoms. The molecule has 0 spiro atoms. The normalized spacial score (nSPS) is 10.8. The molecular weight excluding hydrogens is 278 g/mol. The van der Waals surface area contributed by atoms with Gasteiger partial charge in [0.1, 0.15) is 5.82 Å². The van der Waals surface area contributed by atoms with E-state index < -0.39 is 0 Å². The van der Waals surface area contributed by atoms with Gasteiger partial charge in [-0.05, 0) is 30.5 Å². The van der Waals surface area contributed by atoms with Gasteiger partial charge in [-0.25, -0.2) is 4.98 Å². The van der Waals surface area contributed by atoms with E-state index in [0.717, 1.165) is 23.1 Å². The van der Waals surface area contributed by atoms with Crippen molar-refractivity contribution in [3.05, 3.63) is 52.0 Å². The molecule has 0 atom stereocenters. The summed E-state index contributed by atoms with van der Waals surface area (Å²) in [6.45, 7) is 0.493. The molecule has 0 amide bonds. The molecule has 4 heteroatoms. The second-order valence-corrected chi connectivity index (χ2v) is 4.97. The third-order valence-corrected chi connectivity index (χ3v) is 3.42. The number of nitrogens with zero attached hydrogens (tertiary/aromatic N) is 2. The topological polar surface area (TPSA) is 43.8 Å². The quantitative estimate of drug-likeness (QED) is 0.941. The highest BCUT2D eigenvalue weighted by Crippen LogP contribution is 2.14. The molecule has 3 nitrogen and oxygen atoms in total. The molecule has 0 aliphatic heterocycles. The monoisotopic (exact) mass is 293 g/mol. The summed E-state index contributed by atoms with van der Waals surface area (Å²) in [7, 11) is 2.02. The maximum atomic E-state index is 5.60. The van der Waals surface area contributed by atoms with Gasteiger partial charge in [-0.2, -0.15) is 0 Å². The summed E-state index contributed by atoms with van der Waals surface area (Å²) in [6.07, 6.45) is 3.92. The summed E-state index contributed by atoms with van der Waals surface area (Å²) in [5.74, 6) is 0.939. The van der Waals surface area contributed by atoms with E-state index in [1.54, 1.807) is 0 Å². The van der Waals surface area contributed by atoms with Gasteiger partial charge < -0.3 is 10.3 Å². The van der Waals surface area contributed by atoms with Gasteiger partial charge in [-0.3, -0.25) is 0 Å². The third-order valence-electron chi connectivity index (χ3n) is 2.92. The maximum Gasteiger partial charge on any atom is 0.122 e. The Morgan fingerprint density at radius 2 is 2.18 bits per heavy atom. The van der Waals surface area contributed by atoms with Crippen molar-refractivity contribution in [1.82, 2.24) is 9.55 Å². The molecule has 0 radical (unpaired) electrons. The molecule has 0 aliphatic carbocycles. The fourth-order valence-electron chi connectivity index (χ4n) is 1.87. The number of aromatic nitrogens is 2. The minimum atomic E-state index is 0.493. The van der Waals surface area contributed by atoms with E-state index in [1.165, 1.54) is 11.3 Å². The van der Waals surface area contributed by atoms with E-state index in [-0.39, 0.29) is 0 Å². The van der Waals surface area contributed by atoms with Crippen LogP contribution in [0.1, 0.15) is 17.1 Å². The zero-order chi connectivity index (χ0) is 12.3. The predicted octanol–water partition coefficient (Wildman–Crippen LogP) is 2.43. The van der Waals surface area contributed by atoms with Gasteiger partial charge in [0.25, 0.3) is 0 Å². The number of nitrogens with two attached hydrogens (primary N) is 1. The van der Waals surface area contributed by atoms with Crippen molar-refractivity contribution < 1.29 is 0 Å². The van der Waals surface area contributed by atoms with Gasteiger partial charge in [0.2, 0.25) is 0 Å². The lowest BCUT2D eigenvalue weighted by Crippen LogP contribution is -2.07. The van der Waals surface area contributed by atoms with E-state index in [2.05, 4.69) is 43.7 Å². The molecule has 0 saturated heterocycles. The average molecular weight is 294 g/mol. The molecule has 0 bridgehead atoms. The van der Waals surface area contributed by atoms with Crippen molar-refractivity contribution in [3.63, 3.8) is 0 Å².